The number of guanidine groups is 1. The van der Waals surface area contributed by atoms with Crippen LogP contribution in [0.15, 0.2) is 45.5 Å². The molecule has 142 valence electrons. The van der Waals surface area contributed by atoms with Crippen molar-refractivity contribution in [3.05, 3.63) is 56.6 Å². The van der Waals surface area contributed by atoms with Crippen molar-refractivity contribution in [1.82, 2.24) is 15.2 Å². The highest BCUT2D eigenvalue weighted by Crippen LogP contribution is 2.26. The van der Waals surface area contributed by atoms with Crippen LogP contribution in [0.5, 0.6) is 0 Å². The molecule has 0 amide bonds. The second kappa shape index (κ2) is 9.57. The van der Waals surface area contributed by atoms with Crippen LogP contribution in [0.4, 0.5) is 0 Å². The zero-order chi connectivity index (χ0) is 19.0. The molecular weight excluding hydrogens is 344 g/mol. The van der Waals surface area contributed by atoms with Gasteiger partial charge in [0.1, 0.15) is 0 Å². The fraction of sp³-hybridized carbons (Fsp3) is 0.500. The van der Waals surface area contributed by atoms with Crippen LogP contribution in [0.2, 0.25) is 0 Å². The number of nitrogens with zero attached hydrogens (tertiary/aromatic N) is 2. The predicted octanol–water partition coefficient (Wildman–Crippen LogP) is 3.14. The molecule has 2 aromatic heterocycles. The van der Waals surface area contributed by atoms with E-state index in [4.69, 9.17) is 0 Å². The number of aliphatic imine (C=N–C) groups is 1. The van der Waals surface area contributed by atoms with E-state index >= 15 is 0 Å². The third-order valence-electron chi connectivity index (χ3n) is 4.48. The van der Waals surface area contributed by atoms with Crippen LogP contribution in [-0.4, -0.2) is 30.7 Å². The Labute approximate surface area is 160 Å². The van der Waals surface area contributed by atoms with Gasteiger partial charge >= 0.3 is 0 Å². The summed E-state index contributed by atoms with van der Waals surface area (Å²) >= 11 is 1.79. The number of rotatable bonds is 8. The van der Waals surface area contributed by atoms with Gasteiger partial charge in [-0.2, -0.15) is 0 Å². The topological polar surface area (TPSA) is 58.4 Å². The highest BCUT2D eigenvalue weighted by atomic mass is 32.1. The SMILES string of the molecule is CN=C(NCCCCn1c(C)cccc1=O)NCC(C)(C)c1cccs1. The van der Waals surface area contributed by atoms with Crippen LogP contribution < -0.4 is 16.2 Å². The molecule has 0 bridgehead atoms. The van der Waals surface area contributed by atoms with E-state index < -0.39 is 0 Å². The van der Waals surface area contributed by atoms with Crippen molar-refractivity contribution in [3.63, 3.8) is 0 Å². The van der Waals surface area contributed by atoms with Gasteiger partial charge in [0.25, 0.3) is 5.56 Å². The van der Waals surface area contributed by atoms with Gasteiger partial charge in [0, 0.05) is 48.7 Å². The van der Waals surface area contributed by atoms with E-state index in [1.165, 1.54) is 4.88 Å². The monoisotopic (exact) mass is 374 g/mol. The van der Waals surface area contributed by atoms with Gasteiger partial charge in [-0.05, 0) is 37.3 Å². The molecule has 2 heterocycles. The Morgan fingerprint density at radius 1 is 1.19 bits per heavy atom. The first-order valence-electron chi connectivity index (χ1n) is 9.09. The molecule has 2 rings (SSSR count). The normalized spacial score (nSPS) is 12.2. The Balaban J connectivity index is 1.72. The maximum atomic E-state index is 11.9. The number of aromatic nitrogens is 1. The van der Waals surface area contributed by atoms with Crippen LogP contribution in [-0.2, 0) is 12.0 Å². The van der Waals surface area contributed by atoms with Gasteiger partial charge in [-0.3, -0.25) is 9.79 Å². The summed E-state index contributed by atoms with van der Waals surface area (Å²) in [5.74, 6) is 0.822. The molecule has 6 heteroatoms. The molecule has 0 fully saturated rings. The van der Waals surface area contributed by atoms with Crippen LogP contribution >= 0.6 is 11.3 Å². The van der Waals surface area contributed by atoms with Crippen molar-refractivity contribution < 1.29 is 0 Å². The fourth-order valence-electron chi connectivity index (χ4n) is 2.79. The number of hydrogen-bond acceptors (Lipinski definition) is 3. The van der Waals surface area contributed by atoms with Crippen LogP contribution in [0.25, 0.3) is 0 Å². The van der Waals surface area contributed by atoms with Crippen molar-refractivity contribution in [2.45, 2.75) is 45.6 Å². The summed E-state index contributed by atoms with van der Waals surface area (Å²) in [4.78, 5) is 17.5. The van der Waals surface area contributed by atoms with Gasteiger partial charge in [-0.1, -0.05) is 26.0 Å². The van der Waals surface area contributed by atoms with Gasteiger partial charge in [0.15, 0.2) is 5.96 Å². The number of nitrogens with one attached hydrogen (secondary N) is 2. The van der Waals surface area contributed by atoms with E-state index in [0.717, 1.165) is 44.1 Å². The highest BCUT2D eigenvalue weighted by molar-refractivity contribution is 7.10. The van der Waals surface area contributed by atoms with Crippen molar-refractivity contribution in [3.8, 4) is 0 Å². The lowest BCUT2D eigenvalue weighted by atomic mass is 9.91. The van der Waals surface area contributed by atoms with E-state index in [0.29, 0.717) is 0 Å². The molecule has 5 nitrogen and oxygen atoms in total. The minimum atomic E-state index is 0.0673. The molecule has 0 spiro atoms. The molecule has 26 heavy (non-hydrogen) atoms. The average Bonchev–Trinajstić information content (AvgIpc) is 3.15. The summed E-state index contributed by atoms with van der Waals surface area (Å²) in [5.41, 5.74) is 1.16. The summed E-state index contributed by atoms with van der Waals surface area (Å²) in [5, 5.41) is 8.89. The van der Waals surface area contributed by atoms with E-state index in [1.807, 2.05) is 23.6 Å². The Morgan fingerprint density at radius 2 is 2.00 bits per heavy atom. The summed E-state index contributed by atoms with van der Waals surface area (Å²) in [6, 6.07) is 9.67. The number of unbranched alkanes of at least 4 members (excludes halogenated alkanes) is 1. The molecule has 2 aromatic rings. The van der Waals surface area contributed by atoms with Crippen molar-refractivity contribution in [1.29, 1.82) is 0 Å². The predicted molar refractivity (Wildman–Crippen MR) is 111 cm³/mol. The van der Waals surface area contributed by atoms with Crippen molar-refractivity contribution in [2.75, 3.05) is 20.1 Å². The Morgan fingerprint density at radius 3 is 2.65 bits per heavy atom. The van der Waals surface area contributed by atoms with Crippen molar-refractivity contribution >= 4 is 17.3 Å². The van der Waals surface area contributed by atoms with E-state index in [1.54, 1.807) is 24.5 Å². The molecule has 0 unspecified atom stereocenters. The maximum absolute atomic E-state index is 11.9. The zero-order valence-electron chi connectivity index (χ0n) is 16.2. The van der Waals surface area contributed by atoms with Crippen LogP contribution in [0.1, 0.15) is 37.3 Å². The molecular formula is C20H30N4OS. The first kappa shape index (κ1) is 20.2. The fourth-order valence-corrected chi connectivity index (χ4v) is 3.64. The van der Waals surface area contributed by atoms with Gasteiger partial charge < -0.3 is 15.2 Å². The summed E-state index contributed by atoms with van der Waals surface area (Å²) in [6.45, 7) is 8.86. The van der Waals surface area contributed by atoms with Gasteiger partial charge in [0.05, 0.1) is 0 Å². The maximum Gasteiger partial charge on any atom is 0.250 e. The molecule has 0 aliphatic rings. The standard InChI is InChI=1S/C20H30N4OS/c1-16-9-7-11-18(25)24(16)13-6-5-12-22-19(21-4)23-15-20(2,3)17-10-8-14-26-17/h7-11,14H,5-6,12-13,15H2,1-4H3,(H2,21,22,23). The van der Waals surface area contributed by atoms with Gasteiger partial charge in [0.2, 0.25) is 0 Å². The first-order valence-corrected chi connectivity index (χ1v) is 9.97. The number of thiophene rings is 1. The van der Waals surface area contributed by atoms with Crippen molar-refractivity contribution in [2.24, 2.45) is 4.99 Å². The first-order chi connectivity index (χ1) is 12.4. The highest BCUT2D eigenvalue weighted by Gasteiger charge is 2.21. The number of pyridine rings is 1. The minimum Gasteiger partial charge on any atom is -0.356 e. The van der Waals surface area contributed by atoms with E-state index in [9.17, 15) is 4.79 Å². The second-order valence-electron chi connectivity index (χ2n) is 7.08. The molecule has 0 aliphatic carbocycles. The molecule has 0 saturated carbocycles. The number of hydrogen-bond donors (Lipinski definition) is 2. The molecule has 0 aromatic carbocycles. The summed E-state index contributed by atoms with van der Waals surface area (Å²) < 4.78 is 1.83. The Bertz CT molecular complexity index is 762. The van der Waals surface area contributed by atoms with E-state index in [-0.39, 0.29) is 11.0 Å². The third kappa shape index (κ3) is 5.73. The molecule has 0 radical (unpaired) electrons. The second-order valence-corrected chi connectivity index (χ2v) is 8.03. The lowest BCUT2D eigenvalue weighted by molar-refractivity contribution is 0.516. The lowest BCUT2D eigenvalue weighted by Gasteiger charge is -2.25. The molecule has 0 saturated heterocycles. The molecule has 0 atom stereocenters. The molecule has 2 N–H and O–H groups in total. The third-order valence-corrected chi connectivity index (χ3v) is 5.71. The van der Waals surface area contributed by atoms with Gasteiger partial charge in [-0.25, -0.2) is 0 Å². The molecule has 0 aliphatic heterocycles. The quantitative estimate of drug-likeness (QED) is 0.424. The lowest BCUT2D eigenvalue weighted by Crippen LogP contribution is -2.43. The van der Waals surface area contributed by atoms with E-state index in [2.05, 4.69) is 47.0 Å². The Kier molecular flexibility index (Phi) is 7.45. The minimum absolute atomic E-state index is 0.0673. The van der Waals surface area contributed by atoms with Crippen LogP contribution in [0.3, 0.4) is 0 Å². The smallest absolute Gasteiger partial charge is 0.250 e. The number of aryl methyl sites for hydroxylation is 1. The summed E-state index contributed by atoms with van der Waals surface area (Å²) in [6.07, 6.45) is 1.94. The average molecular weight is 375 g/mol. The largest absolute Gasteiger partial charge is 0.356 e. The summed E-state index contributed by atoms with van der Waals surface area (Å²) in [7, 11) is 1.79. The van der Waals surface area contributed by atoms with Crippen LogP contribution in [0, 0.1) is 6.92 Å². The van der Waals surface area contributed by atoms with Gasteiger partial charge in [-0.15, -0.1) is 11.3 Å². The zero-order valence-corrected chi connectivity index (χ0v) is 17.0. The Hall–Kier alpha value is -2.08.